The third kappa shape index (κ3) is 3.05. The number of alkyl halides is 2. The van der Waals surface area contributed by atoms with Crippen LogP contribution in [0.5, 0.6) is 0 Å². The maximum Gasteiger partial charge on any atom is 0.346 e. The van der Waals surface area contributed by atoms with Gasteiger partial charge in [0.05, 0.1) is 6.61 Å². The maximum atomic E-state index is 13.2. The van der Waals surface area contributed by atoms with E-state index >= 15 is 0 Å². The van der Waals surface area contributed by atoms with Gasteiger partial charge in [0.2, 0.25) is 0 Å². The molecule has 0 radical (unpaired) electrons. The number of piperidine rings is 1. The highest BCUT2D eigenvalue weighted by molar-refractivity contribution is 7.54. The molecule has 2 atom stereocenters. The normalized spacial score (nSPS) is 33.6. The lowest BCUT2D eigenvalue weighted by Crippen LogP contribution is -2.46. The molecule has 0 aromatic carbocycles. The molecule has 2 saturated heterocycles. The molecule has 0 bridgehead atoms. The summed E-state index contributed by atoms with van der Waals surface area (Å²) in [5.41, 5.74) is 0. The van der Waals surface area contributed by atoms with Crippen LogP contribution in [0.1, 0.15) is 25.7 Å². The van der Waals surface area contributed by atoms with E-state index in [-0.39, 0.29) is 0 Å². The third-order valence-electron chi connectivity index (χ3n) is 3.67. The van der Waals surface area contributed by atoms with Gasteiger partial charge in [-0.05, 0) is 19.3 Å². The standard InChI is InChI=1S/C11H21Cl2N2O2P/c12-5-8-14(9-6-13)18(16)15-7-2-1-3-11(15)4-10-17-18/h11H,1-10H2/t11-,18+/m1/s1. The molecule has 0 saturated carbocycles. The molecule has 2 aliphatic heterocycles. The number of nitrogens with zero attached hydrogens (tertiary/aromatic N) is 2. The van der Waals surface area contributed by atoms with Crippen LogP contribution >= 0.6 is 30.9 Å². The van der Waals surface area contributed by atoms with Crippen LogP contribution in [0.4, 0.5) is 0 Å². The van der Waals surface area contributed by atoms with Crippen LogP contribution < -0.4 is 0 Å². The molecule has 2 fully saturated rings. The zero-order chi connectivity index (χ0) is 13.0. The number of rotatable bonds is 5. The number of hydrogen-bond acceptors (Lipinski definition) is 2. The van der Waals surface area contributed by atoms with Crippen LogP contribution in [0.25, 0.3) is 0 Å². The average Bonchev–Trinajstić information content (AvgIpc) is 2.39. The molecule has 106 valence electrons. The topological polar surface area (TPSA) is 32.8 Å². The van der Waals surface area contributed by atoms with E-state index in [0.717, 1.165) is 25.8 Å². The molecule has 0 aliphatic carbocycles. The van der Waals surface area contributed by atoms with Crippen molar-refractivity contribution in [1.82, 2.24) is 9.34 Å². The smallest absolute Gasteiger partial charge is 0.306 e. The number of halogens is 2. The largest absolute Gasteiger partial charge is 0.346 e. The molecule has 0 N–H and O–H groups in total. The Labute approximate surface area is 119 Å². The SMILES string of the molecule is O=[P@@]1(N(CCCl)CCCl)OCC[C@H]2CCCCN21. The highest BCUT2D eigenvalue weighted by atomic mass is 35.5. The van der Waals surface area contributed by atoms with Crippen molar-refractivity contribution in [3.05, 3.63) is 0 Å². The van der Waals surface area contributed by atoms with Gasteiger partial charge < -0.3 is 4.52 Å². The van der Waals surface area contributed by atoms with Crippen molar-refractivity contribution >= 4 is 30.9 Å². The van der Waals surface area contributed by atoms with Gasteiger partial charge in [-0.3, -0.25) is 4.57 Å². The van der Waals surface area contributed by atoms with E-state index in [1.54, 1.807) is 0 Å². The minimum Gasteiger partial charge on any atom is -0.306 e. The van der Waals surface area contributed by atoms with Gasteiger partial charge in [-0.25, -0.2) is 9.34 Å². The lowest BCUT2D eigenvalue weighted by Gasteiger charge is -2.47. The van der Waals surface area contributed by atoms with Crippen LogP contribution in [-0.2, 0) is 9.09 Å². The van der Waals surface area contributed by atoms with Crippen LogP contribution in [0, 0.1) is 0 Å². The zero-order valence-corrected chi connectivity index (χ0v) is 13.0. The summed E-state index contributed by atoms with van der Waals surface area (Å²) in [5.74, 6) is 0.894. The lowest BCUT2D eigenvalue weighted by atomic mass is 10.0. The summed E-state index contributed by atoms with van der Waals surface area (Å²) in [6.07, 6.45) is 4.44. The molecule has 7 heteroatoms. The van der Waals surface area contributed by atoms with Crippen LogP contribution in [0.15, 0.2) is 0 Å². The fourth-order valence-corrected chi connectivity index (χ4v) is 6.16. The summed E-state index contributed by atoms with van der Waals surface area (Å²) in [6.45, 7) is 2.58. The molecule has 4 nitrogen and oxygen atoms in total. The van der Waals surface area contributed by atoms with Crippen molar-refractivity contribution < 1.29 is 9.09 Å². The van der Waals surface area contributed by atoms with E-state index < -0.39 is 7.67 Å². The first-order valence-electron chi connectivity index (χ1n) is 6.61. The third-order valence-corrected chi connectivity index (χ3v) is 6.82. The Morgan fingerprint density at radius 2 is 1.94 bits per heavy atom. The molecule has 2 aliphatic rings. The number of fused-ring (bicyclic) bond motifs is 1. The Balaban J connectivity index is 2.16. The predicted octanol–water partition coefficient (Wildman–Crippen LogP) is 3.15. The lowest BCUT2D eigenvalue weighted by molar-refractivity contribution is 0.105. The molecular formula is C11H21Cl2N2O2P. The molecule has 2 heterocycles. The summed E-state index contributed by atoms with van der Waals surface area (Å²) in [6, 6.07) is 0.409. The maximum absolute atomic E-state index is 13.2. The summed E-state index contributed by atoms with van der Waals surface area (Å²) in [5, 5.41) is 0. The minimum atomic E-state index is -2.89. The van der Waals surface area contributed by atoms with Crippen molar-refractivity contribution in [2.45, 2.75) is 31.7 Å². The van der Waals surface area contributed by atoms with Crippen LogP contribution in [0.2, 0.25) is 0 Å². The summed E-state index contributed by atoms with van der Waals surface area (Å²) >= 11 is 11.6. The molecule has 2 rings (SSSR count). The highest BCUT2D eigenvalue weighted by Gasteiger charge is 2.45. The molecule has 0 unspecified atom stereocenters. The second-order valence-corrected chi connectivity index (χ2v) is 7.83. The van der Waals surface area contributed by atoms with E-state index in [1.165, 1.54) is 6.42 Å². The monoisotopic (exact) mass is 314 g/mol. The fourth-order valence-electron chi connectivity index (χ4n) is 2.80. The quantitative estimate of drug-likeness (QED) is 0.576. The summed E-state index contributed by atoms with van der Waals surface area (Å²) in [4.78, 5) is 0. The Morgan fingerprint density at radius 1 is 1.22 bits per heavy atom. The Bertz CT molecular complexity index is 311. The zero-order valence-electron chi connectivity index (χ0n) is 10.6. The molecule has 18 heavy (non-hydrogen) atoms. The molecule has 0 aromatic heterocycles. The van der Waals surface area contributed by atoms with Gasteiger partial charge in [0.15, 0.2) is 0 Å². The van der Waals surface area contributed by atoms with Crippen LogP contribution in [-0.4, -0.2) is 53.4 Å². The first kappa shape index (κ1) is 15.1. The van der Waals surface area contributed by atoms with Crippen molar-refractivity contribution in [1.29, 1.82) is 0 Å². The van der Waals surface area contributed by atoms with Gasteiger partial charge in [-0.15, -0.1) is 23.2 Å². The summed E-state index contributed by atoms with van der Waals surface area (Å²) < 4.78 is 22.8. The van der Waals surface area contributed by atoms with Gasteiger partial charge in [0.1, 0.15) is 0 Å². The fraction of sp³-hybridized carbons (Fsp3) is 1.00. The molecule has 0 spiro atoms. The van der Waals surface area contributed by atoms with Gasteiger partial charge in [0.25, 0.3) is 0 Å². The average molecular weight is 315 g/mol. The molecule has 0 aromatic rings. The van der Waals surface area contributed by atoms with Crippen LogP contribution in [0.3, 0.4) is 0 Å². The van der Waals surface area contributed by atoms with Crippen molar-refractivity contribution in [3.8, 4) is 0 Å². The second-order valence-electron chi connectivity index (χ2n) is 4.76. The van der Waals surface area contributed by atoms with Crippen molar-refractivity contribution in [2.24, 2.45) is 0 Å². The Morgan fingerprint density at radius 3 is 2.61 bits per heavy atom. The van der Waals surface area contributed by atoms with Gasteiger partial charge in [-0.2, -0.15) is 0 Å². The Kier molecular flexibility index (Phi) is 5.80. The highest BCUT2D eigenvalue weighted by Crippen LogP contribution is 2.59. The predicted molar refractivity (Wildman–Crippen MR) is 75.5 cm³/mol. The first-order valence-corrected chi connectivity index (χ1v) is 9.21. The Hall–Kier alpha value is 0.690. The second kappa shape index (κ2) is 6.92. The minimum absolute atomic E-state index is 0.409. The molecular weight excluding hydrogens is 294 g/mol. The van der Waals surface area contributed by atoms with E-state index in [1.807, 2.05) is 4.67 Å². The van der Waals surface area contributed by atoms with Gasteiger partial charge in [0, 0.05) is 37.4 Å². The molecule has 0 amide bonds. The van der Waals surface area contributed by atoms with E-state index in [4.69, 9.17) is 27.7 Å². The first-order chi connectivity index (χ1) is 8.72. The van der Waals surface area contributed by atoms with E-state index in [0.29, 0.717) is 37.5 Å². The number of hydrogen-bond donors (Lipinski definition) is 0. The van der Waals surface area contributed by atoms with Crippen molar-refractivity contribution in [3.63, 3.8) is 0 Å². The summed E-state index contributed by atoms with van der Waals surface area (Å²) in [7, 11) is -2.89. The van der Waals surface area contributed by atoms with Crippen molar-refractivity contribution in [2.75, 3.05) is 38.0 Å². The van der Waals surface area contributed by atoms with E-state index in [2.05, 4.69) is 4.67 Å². The van der Waals surface area contributed by atoms with E-state index in [9.17, 15) is 4.57 Å². The van der Waals surface area contributed by atoms with Gasteiger partial charge in [-0.1, -0.05) is 6.42 Å². The van der Waals surface area contributed by atoms with Gasteiger partial charge >= 0.3 is 7.67 Å².